The highest BCUT2D eigenvalue weighted by Gasteiger charge is 2.18. The molecule has 0 aromatic rings. The third-order valence-corrected chi connectivity index (χ3v) is 4.05. The van der Waals surface area contributed by atoms with Crippen LogP contribution in [0.2, 0.25) is 0 Å². The molecule has 0 bridgehead atoms. The quantitative estimate of drug-likeness (QED) is 0.164. The molecule has 0 aliphatic heterocycles. The Labute approximate surface area is 181 Å². The fourth-order valence-corrected chi connectivity index (χ4v) is 2.73. The molecule has 8 nitrogen and oxygen atoms in total. The Bertz CT molecular complexity index is 391. The highest BCUT2D eigenvalue weighted by atomic mass is 16.8. The van der Waals surface area contributed by atoms with Gasteiger partial charge in [0.25, 0.3) is 0 Å². The smallest absolute Gasteiger partial charge is 0.308 e. The molecule has 0 saturated carbocycles. The molecule has 0 amide bonds. The van der Waals surface area contributed by atoms with Gasteiger partial charge in [0.15, 0.2) is 12.6 Å². The Morgan fingerprint density at radius 2 is 1.03 bits per heavy atom. The molecular formula is C22H42O8. The van der Waals surface area contributed by atoms with E-state index in [0.29, 0.717) is 26.1 Å². The normalized spacial score (nSPS) is 15.3. The van der Waals surface area contributed by atoms with Crippen LogP contribution in [0.1, 0.15) is 92.9 Å². The van der Waals surface area contributed by atoms with Crippen molar-refractivity contribution in [3.8, 4) is 0 Å². The molecular weight excluding hydrogens is 392 g/mol. The van der Waals surface area contributed by atoms with Crippen LogP contribution in [0.25, 0.3) is 0 Å². The molecule has 178 valence electrons. The van der Waals surface area contributed by atoms with Crippen molar-refractivity contribution >= 4 is 11.9 Å². The Morgan fingerprint density at radius 1 is 0.667 bits per heavy atom. The van der Waals surface area contributed by atoms with E-state index < -0.39 is 12.6 Å². The number of unbranched alkanes of at least 4 members (excludes halogenated alkanes) is 1. The Balaban J connectivity index is 4.01. The van der Waals surface area contributed by atoms with Gasteiger partial charge in [-0.15, -0.1) is 0 Å². The van der Waals surface area contributed by atoms with Crippen LogP contribution in [-0.2, 0) is 38.0 Å². The van der Waals surface area contributed by atoms with Gasteiger partial charge in [0.05, 0.1) is 0 Å². The van der Waals surface area contributed by atoms with Gasteiger partial charge in [-0.1, -0.05) is 26.7 Å². The van der Waals surface area contributed by atoms with Crippen molar-refractivity contribution in [1.29, 1.82) is 0 Å². The number of ether oxygens (including phenoxy) is 6. The number of rotatable bonds is 19. The van der Waals surface area contributed by atoms with Gasteiger partial charge < -0.3 is 28.4 Å². The van der Waals surface area contributed by atoms with E-state index in [1.165, 1.54) is 0 Å². The number of hydrogen-bond acceptors (Lipinski definition) is 8. The summed E-state index contributed by atoms with van der Waals surface area (Å²) in [4.78, 5) is 23.8. The third-order valence-electron chi connectivity index (χ3n) is 4.05. The minimum Gasteiger partial charge on any atom is -0.436 e. The number of carbonyl (C=O) groups excluding carboxylic acids is 2. The van der Waals surface area contributed by atoms with Gasteiger partial charge in [0, 0.05) is 26.1 Å². The highest BCUT2D eigenvalue weighted by Crippen LogP contribution is 2.12. The number of carbonyl (C=O) groups is 2. The second-order valence-electron chi connectivity index (χ2n) is 6.94. The zero-order valence-electron chi connectivity index (χ0n) is 19.6. The minimum atomic E-state index is -0.676. The average Bonchev–Trinajstić information content (AvgIpc) is 2.66. The van der Waals surface area contributed by atoms with Crippen molar-refractivity contribution in [2.45, 2.75) is 118 Å². The topological polar surface area (TPSA) is 89.5 Å². The second kappa shape index (κ2) is 18.5. The molecule has 0 N–H and O–H groups in total. The monoisotopic (exact) mass is 434 g/mol. The average molecular weight is 435 g/mol. The first-order chi connectivity index (χ1) is 14.4. The molecule has 4 atom stereocenters. The molecule has 0 saturated heterocycles. The molecule has 0 aromatic carbocycles. The lowest BCUT2D eigenvalue weighted by Crippen LogP contribution is -2.27. The van der Waals surface area contributed by atoms with Crippen molar-refractivity contribution in [1.82, 2.24) is 0 Å². The Hall–Kier alpha value is -1.22. The van der Waals surface area contributed by atoms with Gasteiger partial charge in [-0.3, -0.25) is 9.59 Å². The lowest BCUT2D eigenvalue weighted by molar-refractivity contribution is -0.237. The van der Waals surface area contributed by atoms with E-state index in [1.807, 2.05) is 27.7 Å². The van der Waals surface area contributed by atoms with Gasteiger partial charge in [0.2, 0.25) is 12.6 Å². The predicted molar refractivity (Wildman–Crippen MR) is 112 cm³/mol. The van der Waals surface area contributed by atoms with Crippen LogP contribution < -0.4 is 0 Å². The molecule has 0 aliphatic rings. The lowest BCUT2D eigenvalue weighted by Gasteiger charge is -2.22. The highest BCUT2D eigenvalue weighted by molar-refractivity contribution is 5.70. The first-order valence-corrected chi connectivity index (χ1v) is 11.3. The van der Waals surface area contributed by atoms with Crippen LogP contribution in [0, 0.1) is 0 Å². The zero-order valence-corrected chi connectivity index (χ0v) is 19.6. The molecule has 8 heteroatoms. The van der Waals surface area contributed by atoms with E-state index in [0.717, 1.165) is 25.7 Å². The first-order valence-electron chi connectivity index (χ1n) is 11.3. The molecule has 0 fully saturated rings. The predicted octanol–water partition coefficient (Wildman–Crippen LogP) is 4.68. The summed E-state index contributed by atoms with van der Waals surface area (Å²) in [5.74, 6) is -0.725. The zero-order chi connectivity index (χ0) is 22.8. The summed E-state index contributed by atoms with van der Waals surface area (Å²) in [6.45, 7) is 12.3. The summed E-state index contributed by atoms with van der Waals surface area (Å²) in [6.07, 6.45) is 2.68. The summed E-state index contributed by atoms with van der Waals surface area (Å²) >= 11 is 0. The fourth-order valence-electron chi connectivity index (χ4n) is 2.73. The van der Waals surface area contributed by atoms with Crippen LogP contribution in [0.5, 0.6) is 0 Å². The van der Waals surface area contributed by atoms with E-state index in [2.05, 4.69) is 0 Å². The van der Waals surface area contributed by atoms with Crippen molar-refractivity contribution in [3.63, 3.8) is 0 Å². The van der Waals surface area contributed by atoms with Crippen molar-refractivity contribution in [3.05, 3.63) is 0 Å². The van der Waals surface area contributed by atoms with Crippen LogP contribution >= 0.6 is 0 Å². The maximum Gasteiger partial charge on any atom is 0.308 e. The van der Waals surface area contributed by atoms with Gasteiger partial charge in [-0.25, -0.2) is 0 Å². The van der Waals surface area contributed by atoms with Gasteiger partial charge in [-0.2, -0.15) is 0 Å². The van der Waals surface area contributed by atoms with Gasteiger partial charge in [-0.05, 0) is 53.4 Å². The van der Waals surface area contributed by atoms with Crippen LogP contribution in [-0.4, -0.2) is 50.3 Å². The first kappa shape index (κ1) is 28.8. The molecule has 0 heterocycles. The van der Waals surface area contributed by atoms with Crippen molar-refractivity contribution < 1.29 is 38.0 Å². The number of esters is 2. The standard InChI is InChI=1S/C22H42O8/c1-7-13-21(25-9-3)29-17(5)27-19(23)15-11-12-16-20(24)28-18(6)30-22(14-8-2)26-10-4/h17-18,21-22H,7-16H2,1-6H3. The Morgan fingerprint density at radius 3 is 1.33 bits per heavy atom. The summed E-state index contributed by atoms with van der Waals surface area (Å²) in [6, 6.07) is 0. The molecule has 0 rings (SSSR count). The van der Waals surface area contributed by atoms with Crippen LogP contribution in [0.15, 0.2) is 0 Å². The van der Waals surface area contributed by atoms with Gasteiger partial charge in [0.1, 0.15) is 0 Å². The van der Waals surface area contributed by atoms with E-state index in [4.69, 9.17) is 28.4 Å². The molecule has 30 heavy (non-hydrogen) atoms. The largest absolute Gasteiger partial charge is 0.436 e. The lowest BCUT2D eigenvalue weighted by atomic mass is 10.2. The minimum absolute atomic E-state index is 0.211. The molecule has 0 radical (unpaired) electrons. The van der Waals surface area contributed by atoms with Crippen molar-refractivity contribution in [2.75, 3.05) is 13.2 Å². The Kier molecular flexibility index (Phi) is 17.8. The molecule has 0 aromatic heterocycles. The molecule has 0 aliphatic carbocycles. The van der Waals surface area contributed by atoms with E-state index in [9.17, 15) is 9.59 Å². The summed E-state index contributed by atoms with van der Waals surface area (Å²) < 4.78 is 32.6. The van der Waals surface area contributed by atoms with Crippen molar-refractivity contribution in [2.24, 2.45) is 0 Å². The second-order valence-corrected chi connectivity index (χ2v) is 6.94. The van der Waals surface area contributed by atoms with Crippen LogP contribution in [0.4, 0.5) is 0 Å². The SMILES string of the molecule is CCCC(OCC)OC(C)OC(=O)CCCCC(=O)OC(C)OC(CCC)OCC. The number of hydrogen-bond donors (Lipinski definition) is 0. The third kappa shape index (κ3) is 15.6. The van der Waals surface area contributed by atoms with E-state index in [1.54, 1.807) is 13.8 Å². The summed E-state index contributed by atoms with van der Waals surface area (Å²) in [5, 5.41) is 0. The maximum absolute atomic E-state index is 11.9. The van der Waals surface area contributed by atoms with E-state index >= 15 is 0 Å². The summed E-state index contributed by atoms with van der Waals surface area (Å²) in [5.41, 5.74) is 0. The fraction of sp³-hybridized carbons (Fsp3) is 0.909. The summed E-state index contributed by atoms with van der Waals surface area (Å²) in [7, 11) is 0. The molecule has 0 spiro atoms. The van der Waals surface area contributed by atoms with Gasteiger partial charge >= 0.3 is 11.9 Å². The van der Waals surface area contributed by atoms with E-state index in [-0.39, 0.29) is 37.4 Å². The molecule has 4 unspecified atom stereocenters. The van der Waals surface area contributed by atoms with Crippen LogP contribution in [0.3, 0.4) is 0 Å². The maximum atomic E-state index is 11.9.